The summed E-state index contributed by atoms with van der Waals surface area (Å²) in [4.78, 5) is 4.17. The fraction of sp³-hybridized carbons (Fsp3) is 0.625. The van der Waals surface area contributed by atoms with Gasteiger partial charge in [-0.25, -0.2) is 4.98 Å². The first-order valence-electron chi connectivity index (χ1n) is 4.08. The summed E-state index contributed by atoms with van der Waals surface area (Å²) in [6.45, 7) is 1.91. The van der Waals surface area contributed by atoms with Crippen LogP contribution in [0.2, 0.25) is 0 Å². The standard InChI is InChI=1S/C8H15N3O/c1-11-5-4-10-8(11)2-6-12-7-3-9/h4-5H,2-3,6-7,9H2,1H3. The number of aryl methyl sites for hydroxylation is 1. The van der Waals surface area contributed by atoms with Crippen LogP contribution in [0.25, 0.3) is 0 Å². The van der Waals surface area contributed by atoms with Crippen molar-refractivity contribution >= 4 is 0 Å². The third-order valence-corrected chi connectivity index (χ3v) is 1.65. The minimum absolute atomic E-state index is 0.584. The van der Waals surface area contributed by atoms with Gasteiger partial charge in [0.25, 0.3) is 0 Å². The van der Waals surface area contributed by atoms with Crippen LogP contribution >= 0.6 is 0 Å². The molecule has 0 bridgehead atoms. The molecule has 0 saturated heterocycles. The summed E-state index contributed by atoms with van der Waals surface area (Å²) in [7, 11) is 1.98. The normalized spacial score (nSPS) is 10.5. The van der Waals surface area contributed by atoms with Crippen molar-refractivity contribution in [2.24, 2.45) is 12.8 Å². The second kappa shape index (κ2) is 4.90. The molecule has 0 unspecified atom stereocenters. The molecule has 0 atom stereocenters. The first kappa shape index (κ1) is 9.22. The lowest BCUT2D eigenvalue weighted by Gasteiger charge is -2.02. The predicted octanol–water partition coefficient (Wildman–Crippen LogP) is -0.0621. The van der Waals surface area contributed by atoms with Gasteiger partial charge in [0.1, 0.15) is 5.82 Å². The lowest BCUT2D eigenvalue weighted by Crippen LogP contribution is -2.11. The van der Waals surface area contributed by atoms with E-state index in [1.807, 2.05) is 17.8 Å². The van der Waals surface area contributed by atoms with Crippen LogP contribution in [-0.4, -0.2) is 29.3 Å². The Balaban J connectivity index is 2.20. The van der Waals surface area contributed by atoms with E-state index < -0.39 is 0 Å². The van der Waals surface area contributed by atoms with Gasteiger partial charge in [0.2, 0.25) is 0 Å². The first-order chi connectivity index (χ1) is 5.84. The molecule has 2 N–H and O–H groups in total. The molecule has 1 heterocycles. The van der Waals surface area contributed by atoms with E-state index in [0.717, 1.165) is 12.2 Å². The van der Waals surface area contributed by atoms with E-state index in [0.29, 0.717) is 19.8 Å². The molecule has 4 nitrogen and oxygen atoms in total. The zero-order valence-corrected chi connectivity index (χ0v) is 7.36. The number of hydrogen-bond donors (Lipinski definition) is 1. The highest BCUT2D eigenvalue weighted by atomic mass is 16.5. The Hall–Kier alpha value is -0.870. The Bertz CT molecular complexity index is 222. The molecule has 68 valence electrons. The molecule has 0 aliphatic rings. The summed E-state index contributed by atoms with van der Waals surface area (Å²) < 4.78 is 7.22. The summed E-state index contributed by atoms with van der Waals surface area (Å²) in [5.41, 5.74) is 5.27. The van der Waals surface area contributed by atoms with Gasteiger partial charge in [-0.15, -0.1) is 0 Å². The van der Waals surface area contributed by atoms with Crippen molar-refractivity contribution in [1.29, 1.82) is 0 Å². The second-order valence-corrected chi connectivity index (χ2v) is 2.61. The summed E-state index contributed by atoms with van der Waals surface area (Å²) in [5, 5.41) is 0. The molecule has 0 aromatic carbocycles. The number of imidazole rings is 1. The minimum Gasteiger partial charge on any atom is -0.380 e. The predicted molar refractivity (Wildman–Crippen MR) is 46.8 cm³/mol. The van der Waals surface area contributed by atoms with Gasteiger partial charge in [-0.3, -0.25) is 0 Å². The number of rotatable bonds is 5. The molecule has 0 spiro atoms. The largest absolute Gasteiger partial charge is 0.380 e. The average Bonchev–Trinajstić information content (AvgIpc) is 2.46. The molecule has 0 aliphatic carbocycles. The van der Waals surface area contributed by atoms with Crippen LogP contribution in [0.4, 0.5) is 0 Å². The van der Waals surface area contributed by atoms with Crippen LogP contribution in [0.3, 0.4) is 0 Å². The highest BCUT2D eigenvalue weighted by molar-refractivity contribution is 4.90. The minimum atomic E-state index is 0.584. The van der Waals surface area contributed by atoms with Crippen molar-refractivity contribution in [3.63, 3.8) is 0 Å². The highest BCUT2D eigenvalue weighted by Gasteiger charge is 1.97. The zero-order valence-electron chi connectivity index (χ0n) is 7.36. The van der Waals surface area contributed by atoms with Gasteiger partial charge in [-0.1, -0.05) is 0 Å². The molecule has 0 fully saturated rings. The fourth-order valence-electron chi connectivity index (χ4n) is 0.986. The van der Waals surface area contributed by atoms with Crippen LogP contribution in [0.15, 0.2) is 12.4 Å². The van der Waals surface area contributed by atoms with Crippen molar-refractivity contribution in [3.05, 3.63) is 18.2 Å². The molecule has 4 heteroatoms. The van der Waals surface area contributed by atoms with E-state index in [1.165, 1.54) is 0 Å². The van der Waals surface area contributed by atoms with Crippen molar-refractivity contribution in [3.8, 4) is 0 Å². The summed E-state index contributed by atoms with van der Waals surface area (Å²) in [6.07, 6.45) is 4.57. The number of nitrogens with zero attached hydrogens (tertiary/aromatic N) is 2. The Morgan fingerprint density at radius 3 is 3.00 bits per heavy atom. The van der Waals surface area contributed by atoms with Gasteiger partial charge in [0.15, 0.2) is 0 Å². The van der Waals surface area contributed by atoms with E-state index in [9.17, 15) is 0 Å². The van der Waals surface area contributed by atoms with Crippen LogP contribution in [0.1, 0.15) is 5.82 Å². The van der Waals surface area contributed by atoms with Crippen LogP contribution in [-0.2, 0) is 18.2 Å². The zero-order chi connectivity index (χ0) is 8.81. The first-order valence-corrected chi connectivity index (χ1v) is 4.08. The molecule has 0 radical (unpaired) electrons. The van der Waals surface area contributed by atoms with Gasteiger partial charge in [-0.2, -0.15) is 0 Å². The third-order valence-electron chi connectivity index (χ3n) is 1.65. The molecule has 0 amide bonds. The average molecular weight is 169 g/mol. The molecule has 0 saturated carbocycles. The molecule has 12 heavy (non-hydrogen) atoms. The fourth-order valence-corrected chi connectivity index (χ4v) is 0.986. The summed E-state index contributed by atoms with van der Waals surface area (Å²) >= 11 is 0. The second-order valence-electron chi connectivity index (χ2n) is 2.61. The Morgan fingerprint density at radius 2 is 2.42 bits per heavy atom. The molecule has 0 aliphatic heterocycles. The number of ether oxygens (including phenoxy) is 1. The van der Waals surface area contributed by atoms with Crippen molar-refractivity contribution in [2.45, 2.75) is 6.42 Å². The molecule has 1 aromatic rings. The third kappa shape index (κ3) is 2.64. The van der Waals surface area contributed by atoms with E-state index in [2.05, 4.69) is 4.98 Å². The van der Waals surface area contributed by atoms with E-state index in [-0.39, 0.29) is 0 Å². The Kier molecular flexibility index (Phi) is 3.76. The highest BCUT2D eigenvalue weighted by Crippen LogP contribution is 1.95. The molecular formula is C8H15N3O. The smallest absolute Gasteiger partial charge is 0.110 e. The topological polar surface area (TPSA) is 53.1 Å². The Labute approximate surface area is 72.3 Å². The van der Waals surface area contributed by atoms with Gasteiger partial charge >= 0.3 is 0 Å². The maximum Gasteiger partial charge on any atom is 0.110 e. The van der Waals surface area contributed by atoms with E-state index in [1.54, 1.807) is 6.20 Å². The lowest BCUT2D eigenvalue weighted by atomic mass is 10.4. The maximum atomic E-state index is 5.27. The lowest BCUT2D eigenvalue weighted by molar-refractivity contribution is 0.143. The number of nitrogens with two attached hydrogens (primary N) is 1. The monoisotopic (exact) mass is 169 g/mol. The van der Waals surface area contributed by atoms with Crippen LogP contribution in [0, 0.1) is 0 Å². The van der Waals surface area contributed by atoms with Crippen LogP contribution in [0.5, 0.6) is 0 Å². The quantitative estimate of drug-likeness (QED) is 0.628. The van der Waals surface area contributed by atoms with Crippen molar-refractivity contribution in [1.82, 2.24) is 9.55 Å². The molecular weight excluding hydrogens is 154 g/mol. The Morgan fingerprint density at radius 1 is 1.58 bits per heavy atom. The van der Waals surface area contributed by atoms with E-state index >= 15 is 0 Å². The van der Waals surface area contributed by atoms with Gasteiger partial charge in [0, 0.05) is 32.4 Å². The summed E-state index contributed by atoms with van der Waals surface area (Å²) in [6, 6.07) is 0. The van der Waals surface area contributed by atoms with E-state index in [4.69, 9.17) is 10.5 Å². The van der Waals surface area contributed by atoms with Crippen molar-refractivity contribution < 1.29 is 4.74 Å². The van der Waals surface area contributed by atoms with Gasteiger partial charge < -0.3 is 15.0 Å². The number of aromatic nitrogens is 2. The van der Waals surface area contributed by atoms with Crippen LogP contribution < -0.4 is 5.73 Å². The maximum absolute atomic E-state index is 5.27. The van der Waals surface area contributed by atoms with Gasteiger partial charge in [-0.05, 0) is 0 Å². The summed E-state index contributed by atoms with van der Waals surface area (Å²) in [5.74, 6) is 1.05. The van der Waals surface area contributed by atoms with Crippen molar-refractivity contribution in [2.75, 3.05) is 19.8 Å². The number of hydrogen-bond acceptors (Lipinski definition) is 3. The molecule has 1 rings (SSSR count). The van der Waals surface area contributed by atoms with Gasteiger partial charge in [0.05, 0.1) is 13.2 Å². The SMILES string of the molecule is Cn1ccnc1CCOCCN. The molecule has 1 aromatic heterocycles.